The van der Waals surface area contributed by atoms with E-state index in [0.717, 1.165) is 37.3 Å². The Kier molecular flexibility index (Phi) is 10.2. The Balaban J connectivity index is 1.53. The first-order valence-corrected chi connectivity index (χ1v) is 14.8. The molecule has 12 heteroatoms. The predicted molar refractivity (Wildman–Crippen MR) is 142 cm³/mol. The van der Waals surface area contributed by atoms with Crippen molar-refractivity contribution in [3.8, 4) is 5.88 Å². The van der Waals surface area contributed by atoms with E-state index >= 15 is 0 Å². The molecule has 1 aliphatic rings. The van der Waals surface area contributed by atoms with Crippen LogP contribution in [0.15, 0.2) is 36.4 Å². The Hall–Kier alpha value is -3.15. The summed E-state index contributed by atoms with van der Waals surface area (Å²) in [6.45, 7) is 4.88. The van der Waals surface area contributed by atoms with Gasteiger partial charge in [-0.1, -0.05) is 30.3 Å². The largest absolute Gasteiger partial charge is 0.474 e. The van der Waals surface area contributed by atoms with Crippen molar-refractivity contribution in [1.29, 1.82) is 0 Å². The van der Waals surface area contributed by atoms with Crippen LogP contribution in [-0.2, 0) is 45.0 Å². The fraction of sp³-hybridized carbons (Fsp3) is 0.536. The first kappa shape index (κ1) is 31.4. The lowest BCUT2D eigenvalue weighted by molar-refractivity contribution is -0.141. The third-order valence-electron chi connectivity index (χ3n) is 6.20. The highest BCUT2D eigenvalue weighted by atomic mass is 32.2. The van der Waals surface area contributed by atoms with Crippen molar-refractivity contribution in [3.63, 3.8) is 0 Å². The van der Waals surface area contributed by atoms with E-state index in [9.17, 15) is 31.2 Å². The first-order valence-electron chi connectivity index (χ1n) is 13.2. The molecule has 0 radical (unpaired) electrons. The molecule has 1 amide bonds. The van der Waals surface area contributed by atoms with Gasteiger partial charge in [0.2, 0.25) is 15.9 Å². The fourth-order valence-electron chi connectivity index (χ4n) is 4.23. The van der Waals surface area contributed by atoms with Gasteiger partial charge in [-0.2, -0.15) is 13.2 Å². The minimum Gasteiger partial charge on any atom is -0.474 e. The van der Waals surface area contributed by atoms with Crippen molar-refractivity contribution in [3.05, 3.63) is 58.8 Å². The topological polar surface area (TPSA) is 112 Å². The Morgan fingerprint density at radius 2 is 1.60 bits per heavy atom. The average Bonchev–Trinajstić information content (AvgIpc) is 3.34. The van der Waals surface area contributed by atoms with Gasteiger partial charge in [0.05, 0.1) is 5.75 Å². The summed E-state index contributed by atoms with van der Waals surface area (Å²) in [7, 11) is -3.89. The molecule has 0 aliphatic heterocycles. The highest BCUT2D eigenvalue weighted by Gasteiger charge is 2.34. The Morgan fingerprint density at radius 3 is 2.20 bits per heavy atom. The summed E-state index contributed by atoms with van der Waals surface area (Å²) in [6.07, 6.45) is -1.80. The molecule has 1 heterocycles. The molecular weight excluding hydrogens is 549 g/mol. The number of ketones is 1. The predicted octanol–water partition coefficient (Wildman–Crippen LogP) is 5.56. The number of rotatable bonds is 11. The molecule has 1 saturated carbocycles. The molecule has 1 fully saturated rings. The molecule has 1 aromatic heterocycles. The molecule has 8 nitrogen and oxygen atoms in total. The zero-order valence-electron chi connectivity index (χ0n) is 22.8. The lowest BCUT2D eigenvalue weighted by Gasteiger charge is -2.19. The second kappa shape index (κ2) is 13.0. The number of aromatic nitrogens is 1. The number of benzene rings is 1. The molecular formula is C28H35F3N2O6S. The van der Waals surface area contributed by atoms with Crippen LogP contribution < -0.4 is 9.46 Å². The van der Waals surface area contributed by atoms with Gasteiger partial charge < -0.3 is 9.47 Å². The van der Waals surface area contributed by atoms with Crippen molar-refractivity contribution < 1.29 is 40.7 Å². The zero-order valence-corrected chi connectivity index (χ0v) is 23.7. The number of hydrogen-bond acceptors (Lipinski definition) is 7. The van der Waals surface area contributed by atoms with E-state index in [1.165, 1.54) is 6.07 Å². The summed E-state index contributed by atoms with van der Waals surface area (Å²) in [5, 5.41) is 0. The minimum absolute atomic E-state index is 0.0602. The van der Waals surface area contributed by atoms with Crippen LogP contribution in [0.4, 0.5) is 18.0 Å². The number of hydrogen-bond donors (Lipinski definition) is 1. The zero-order chi connectivity index (χ0) is 29.6. The molecule has 0 atom stereocenters. The number of Topliss-reactive ketones (excluding diaryl/α,β-unsaturated/α-hetero) is 1. The fourth-order valence-corrected chi connectivity index (χ4v) is 5.13. The molecule has 0 saturated heterocycles. The Bertz CT molecular complexity index is 1280. The normalized spacial score (nSPS) is 14.7. The molecule has 220 valence electrons. The van der Waals surface area contributed by atoms with E-state index in [0.29, 0.717) is 11.1 Å². The number of aryl methyl sites for hydroxylation is 2. The number of nitrogens with one attached hydrogen (secondary N) is 1. The number of carbonyl (C=O) groups is 2. The van der Waals surface area contributed by atoms with Gasteiger partial charge in [-0.3, -0.25) is 4.79 Å². The van der Waals surface area contributed by atoms with Crippen LogP contribution in [0.1, 0.15) is 75.3 Å². The van der Waals surface area contributed by atoms with Gasteiger partial charge in [-0.05, 0) is 76.5 Å². The van der Waals surface area contributed by atoms with Gasteiger partial charge in [0.1, 0.15) is 23.2 Å². The number of amides is 1. The van der Waals surface area contributed by atoms with Crippen LogP contribution in [0.25, 0.3) is 0 Å². The van der Waals surface area contributed by atoms with Crippen molar-refractivity contribution >= 4 is 21.9 Å². The average molecular weight is 585 g/mol. The van der Waals surface area contributed by atoms with Crippen LogP contribution in [-0.4, -0.2) is 42.7 Å². The number of ether oxygens (including phenoxy) is 2. The summed E-state index contributed by atoms with van der Waals surface area (Å²) in [6, 6.07) is 9.08. The lowest BCUT2D eigenvalue weighted by atomic mass is 10.0. The molecule has 1 N–H and O–H groups in total. The second-order valence-electron chi connectivity index (χ2n) is 10.9. The summed E-state index contributed by atoms with van der Waals surface area (Å²) in [5.74, 6) is -0.490. The first-order chi connectivity index (χ1) is 18.6. The highest BCUT2D eigenvalue weighted by Crippen LogP contribution is 2.32. The molecule has 40 heavy (non-hydrogen) atoms. The van der Waals surface area contributed by atoms with E-state index in [1.807, 2.05) is 4.72 Å². The molecule has 1 aliphatic carbocycles. The van der Waals surface area contributed by atoms with Gasteiger partial charge in [0.25, 0.3) is 0 Å². The quantitative estimate of drug-likeness (QED) is 0.368. The summed E-state index contributed by atoms with van der Waals surface area (Å²) < 4.78 is 76.5. The standard InChI is InChI=1S/C28H35F3N2O6S/c1-27(2,3)39-26(35)33-40(36,37)17-16-19-8-10-20(11-9-19)18-22(34)14-12-21-13-15-24(28(29,30)31)32-25(21)38-23-6-4-5-7-23/h8-11,13,15,23H,4-7,12,14,16-18H2,1-3H3,(H,33,35). The van der Waals surface area contributed by atoms with Crippen molar-refractivity contribution in [2.24, 2.45) is 0 Å². The smallest absolute Gasteiger partial charge is 0.433 e. The van der Waals surface area contributed by atoms with Gasteiger partial charge in [0, 0.05) is 18.4 Å². The molecule has 2 aromatic rings. The third-order valence-corrected chi connectivity index (χ3v) is 7.42. The van der Waals surface area contributed by atoms with Gasteiger partial charge in [-0.15, -0.1) is 0 Å². The Labute approximate surface area is 232 Å². The van der Waals surface area contributed by atoms with Crippen molar-refractivity contribution in [2.45, 2.75) is 90.0 Å². The van der Waals surface area contributed by atoms with E-state index in [-0.39, 0.29) is 49.2 Å². The monoisotopic (exact) mass is 584 g/mol. The number of carbonyl (C=O) groups excluding carboxylic acids is 2. The third kappa shape index (κ3) is 10.4. The van der Waals surface area contributed by atoms with E-state index in [1.54, 1.807) is 45.0 Å². The highest BCUT2D eigenvalue weighted by molar-refractivity contribution is 7.90. The van der Waals surface area contributed by atoms with E-state index in [4.69, 9.17) is 9.47 Å². The van der Waals surface area contributed by atoms with Gasteiger partial charge >= 0.3 is 12.3 Å². The maximum Gasteiger partial charge on any atom is 0.433 e. The molecule has 0 bridgehead atoms. The number of alkyl halides is 3. The van der Waals surface area contributed by atoms with E-state index < -0.39 is 33.6 Å². The SMILES string of the molecule is CC(C)(C)OC(=O)NS(=O)(=O)CCc1ccc(CC(=O)CCc2ccc(C(F)(F)F)nc2OC2CCCC2)cc1. The lowest BCUT2D eigenvalue weighted by Crippen LogP contribution is -2.37. The molecule has 3 rings (SSSR count). The van der Waals surface area contributed by atoms with Crippen LogP contribution in [0.5, 0.6) is 5.88 Å². The summed E-state index contributed by atoms with van der Waals surface area (Å²) in [5.41, 5.74) is 0.0353. The van der Waals surface area contributed by atoms with Crippen LogP contribution in [0.2, 0.25) is 0 Å². The number of halogens is 3. The van der Waals surface area contributed by atoms with Crippen molar-refractivity contribution in [1.82, 2.24) is 9.71 Å². The van der Waals surface area contributed by atoms with Crippen molar-refractivity contribution in [2.75, 3.05) is 5.75 Å². The maximum absolute atomic E-state index is 13.2. The van der Waals surface area contributed by atoms with Gasteiger partial charge in [-0.25, -0.2) is 22.9 Å². The Morgan fingerprint density at radius 1 is 0.975 bits per heavy atom. The molecule has 1 aromatic carbocycles. The van der Waals surface area contributed by atoms with Crippen LogP contribution in [0, 0.1) is 0 Å². The number of pyridine rings is 1. The van der Waals surface area contributed by atoms with Crippen LogP contribution >= 0.6 is 0 Å². The van der Waals surface area contributed by atoms with Gasteiger partial charge in [0.15, 0.2) is 0 Å². The number of nitrogens with zero attached hydrogens (tertiary/aromatic N) is 1. The maximum atomic E-state index is 13.2. The minimum atomic E-state index is -4.59. The molecule has 0 unspecified atom stereocenters. The van der Waals surface area contributed by atoms with Crippen LogP contribution in [0.3, 0.4) is 0 Å². The summed E-state index contributed by atoms with van der Waals surface area (Å²) >= 11 is 0. The number of sulfonamides is 1. The van der Waals surface area contributed by atoms with E-state index in [2.05, 4.69) is 4.98 Å². The second-order valence-corrected chi connectivity index (χ2v) is 12.7. The summed E-state index contributed by atoms with van der Waals surface area (Å²) in [4.78, 5) is 28.1. The molecule has 0 spiro atoms.